The quantitative estimate of drug-likeness (QED) is 0.795. The highest BCUT2D eigenvalue weighted by Crippen LogP contribution is 2.60. The van der Waals surface area contributed by atoms with Gasteiger partial charge in [-0.15, -0.1) is 0 Å². The number of fused-ring (bicyclic) bond motifs is 1. The van der Waals surface area contributed by atoms with Crippen molar-refractivity contribution in [3.8, 4) is 0 Å². The van der Waals surface area contributed by atoms with Crippen molar-refractivity contribution in [2.24, 2.45) is 16.6 Å². The molecule has 2 heterocycles. The second kappa shape index (κ2) is 6.76. The number of thioether (sulfide) groups is 1. The maximum atomic E-state index is 12.4. The first-order valence-electron chi connectivity index (χ1n) is 8.19. The van der Waals surface area contributed by atoms with Crippen LogP contribution in [0, 0.1) is 5.92 Å². The fourth-order valence-electron chi connectivity index (χ4n) is 3.36. The number of halogens is 2. The van der Waals surface area contributed by atoms with Crippen LogP contribution in [0.1, 0.15) is 28.9 Å². The standard InChI is InChI=1S/C18H16Cl2N4OS/c19-11-1-4-15(22-9-11)16(25)23-12-2-3-14(20)13(7-12)18-8-10(18)5-6-26-17(21)24-18/h1-4,7,9-10H,5-6,8H2,(H2,21,24)(H,23,25)/t10-,18+/m0/s1. The molecule has 3 N–H and O–H groups in total. The Morgan fingerprint density at radius 1 is 1.31 bits per heavy atom. The average molecular weight is 407 g/mol. The summed E-state index contributed by atoms with van der Waals surface area (Å²) in [4.78, 5) is 21.2. The van der Waals surface area contributed by atoms with Crippen molar-refractivity contribution in [1.82, 2.24) is 4.98 Å². The lowest BCUT2D eigenvalue weighted by Crippen LogP contribution is -2.16. The van der Waals surface area contributed by atoms with Crippen molar-refractivity contribution in [2.45, 2.75) is 18.4 Å². The topological polar surface area (TPSA) is 80.4 Å². The average Bonchev–Trinajstić information content (AvgIpc) is 3.31. The molecule has 0 unspecified atom stereocenters. The van der Waals surface area contributed by atoms with Crippen molar-refractivity contribution in [2.75, 3.05) is 11.1 Å². The van der Waals surface area contributed by atoms with E-state index in [1.807, 2.05) is 6.07 Å². The predicted octanol–water partition coefficient (Wildman–Crippen LogP) is 4.31. The van der Waals surface area contributed by atoms with E-state index in [0.717, 1.165) is 24.2 Å². The number of hydrogen-bond donors (Lipinski definition) is 2. The van der Waals surface area contributed by atoms with Gasteiger partial charge >= 0.3 is 0 Å². The van der Waals surface area contributed by atoms with Crippen molar-refractivity contribution < 1.29 is 4.79 Å². The number of nitrogens with two attached hydrogens (primary N) is 1. The molecule has 1 aromatic heterocycles. The summed E-state index contributed by atoms with van der Waals surface area (Å²) in [6.07, 6.45) is 3.43. The monoisotopic (exact) mass is 406 g/mol. The van der Waals surface area contributed by atoms with E-state index in [2.05, 4.69) is 10.3 Å². The molecule has 8 heteroatoms. The zero-order valence-corrected chi connectivity index (χ0v) is 16.0. The van der Waals surface area contributed by atoms with Gasteiger partial charge in [0.2, 0.25) is 0 Å². The van der Waals surface area contributed by atoms with E-state index >= 15 is 0 Å². The normalized spacial score (nSPS) is 24.2. The minimum Gasteiger partial charge on any atom is -0.379 e. The molecule has 2 aromatic rings. The minimum atomic E-state index is -0.357. The van der Waals surface area contributed by atoms with Crippen LogP contribution < -0.4 is 11.1 Å². The summed E-state index contributed by atoms with van der Waals surface area (Å²) in [6, 6.07) is 8.66. The van der Waals surface area contributed by atoms with E-state index in [0.29, 0.717) is 32.5 Å². The molecule has 1 amide bonds. The number of amides is 1. The van der Waals surface area contributed by atoms with Crippen LogP contribution in [0.15, 0.2) is 41.5 Å². The van der Waals surface area contributed by atoms with Crippen LogP contribution in [0.5, 0.6) is 0 Å². The maximum Gasteiger partial charge on any atom is 0.274 e. The number of benzene rings is 1. The summed E-state index contributed by atoms with van der Waals surface area (Å²) in [5, 5.41) is 4.58. The van der Waals surface area contributed by atoms with Gasteiger partial charge in [-0.2, -0.15) is 0 Å². The minimum absolute atomic E-state index is 0.293. The fraction of sp³-hybridized carbons (Fsp3) is 0.278. The number of rotatable bonds is 3. The van der Waals surface area contributed by atoms with Crippen molar-refractivity contribution in [1.29, 1.82) is 0 Å². The molecule has 0 saturated heterocycles. The molecular formula is C18H16Cl2N4OS. The maximum absolute atomic E-state index is 12.4. The van der Waals surface area contributed by atoms with Gasteiger partial charge in [0.25, 0.3) is 5.91 Å². The number of carbonyl (C=O) groups excluding carboxylic acids is 1. The molecule has 2 aliphatic rings. The number of pyridine rings is 1. The molecule has 0 spiro atoms. The summed E-state index contributed by atoms with van der Waals surface area (Å²) in [5.74, 6) is 1.11. The highest BCUT2D eigenvalue weighted by molar-refractivity contribution is 8.13. The van der Waals surface area contributed by atoms with Gasteiger partial charge in [-0.25, -0.2) is 4.98 Å². The molecule has 1 aliphatic carbocycles. The Hall–Kier alpha value is -1.76. The predicted molar refractivity (Wildman–Crippen MR) is 107 cm³/mol. The third-order valence-corrected chi connectivity index (χ3v) is 6.13. The van der Waals surface area contributed by atoms with Crippen molar-refractivity contribution in [3.63, 3.8) is 0 Å². The zero-order chi connectivity index (χ0) is 18.3. The Kier molecular flexibility index (Phi) is 4.59. The second-order valence-corrected chi connectivity index (χ2v) is 8.38. The number of hydrogen-bond acceptors (Lipinski definition) is 5. The Balaban J connectivity index is 1.62. The summed E-state index contributed by atoms with van der Waals surface area (Å²) >= 11 is 13.9. The van der Waals surface area contributed by atoms with E-state index in [4.69, 9.17) is 33.9 Å². The molecular weight excluding hydrogens is 391 g/mol. The number of aromatic nitrogens is 1. The molecule has 1 saturated carbocycles. The highest BCUT2D eigenvalue weighted by atomic mass is 35.5. The van der Waals surface area contributed by atoms with Crippen molar-refractivity contribution in [3.05, 3.63) is 57.8 Å². The van der Waals surface area contributed by atoms with Crippen molar-refractivity contribution >= 4 is 51.7 Å². The number of carbonyl (C=O) groups is 1. The first-order valence-corrected chi connectivity index (χ1v) is 9.93. The summed E-state index contributed by atoms with van der Waals surface area (Å²) in [6.45, 7) is 0. The third kappa shape index (κ3) is 3.29. The van der Waals surface area contributed by atoms with Gasteiger partial charge in [-0.05, 0) is 49.1 Å². The molecule has 5 nitrogen and oxygen atoms in total. The Labute approximate surface area is 165 Å². The van der Waals surface area contributed by atoms with E-state index < -0.39 is 0 Å². The summed E-state index contributed by atoms with van der Waals surface area (Å²) in [5.41, 5.74) is 7.51. The van der Waals surface area contributed by atoms with E-state index in [-0.39, 0.29) is 11.4 Å². The summed E-state index contributed by atoms with van der Waals surface area (Å²) in [7, 11) is 0. The lowest BCUT2D eigenvalue weighted by Gasteiger charge is -2.16. The molecule has 0 radical (unpaired) electrons. The van der Waals surface area contributed by atoms with Gasteiger partial charge < -0.3 is 11.1 Å². The molecule has 1 fully saturated rings. The Bertz CT molecular complexity index is 903. The van der Waals surface area contributed by atoms with Crippen LogP contribution in [0.2, 0.25) is 10.0 Å². The van der Waals surface area contributed by atoms with Gasteiger partial charge in [0.15, 0.2) is 5.17 Å². The van der Waals surface area contributed by atoms with Gasteiger partial charge in [0.05, 0.1) is 10.6 Å². The number of amidine groups is 1. The number of nitrogens with zero attached hydrogens (tertiary/aromatic N) is 2. The van der Waals surface area contributed by atoms with Crippen LogP contribution >= 0.6 is 35.0 Å². The van der Waals surface area contributed by atoms with Gasteiger partial charge in [0.1, 0.15) is 5.69 Å². The zero-order valence-electron chi connectivity index (χ0n) is 13.7. The van der Waals surface area contributed by atoms with Crippen LogP contribution in [0.25, 0.3) is 0 Å². The molecule has 2 atom stereocenters. The smallest absolute Gasteiger partial charge is 0.274 e. The first-order chi connectivity index (χ1) is 12.5. The third-order valence-electron chi connectivity index (χ3n) is 4.75. The Morgan fingerprint density at radius 3 is 2.92 bits per heavy atom. The lowest BCUT2D eigenvalue weighted by atomic mass is 10.0. The molecule has 134 valence electrons. The second-order valence-electron chi connectivity index (χ2n) is 6.42. The largest absolute Gasteiger partial charge is 0.379 e. The number of anilines is 1. The van der Waals surface area contributed by atoms with Crippen LogP contribution in [0.4, 0.5) is 5.69 Å². The molecule has 1 aliphatic heterocycles. The van der Waals surface area contributed by atoms with Gasteiger partial charge in [0, 0.05) is 28.2 Å². The highest BCUT2D eigenvalue weighted by Gasteiger charge is 2.57. The molecule has 4 rings (SSSR count). The van der Waals surface area contributed by atoms with E-state index in [9.17, 15) is 4.79 Å². The SMILES string of the molecule is NC1=N[C@]2(c3cc(NC(=O)c4ccc(Cl)cn4)ccc3Cl)C[C@@H]2CCS1. The number of aliphatic imine (C=N–C) groups is 1. The lowest BCUT2D eigenvalue weighted by molar-refractivity contribution is 0.102. The summed E-state index contributed by atoms with van der Waals surface area (Å²) < 4.78 is 0. The van der Waals surface area contributed by atoms with Crippen LogP contribution in [-0.4, -0.2) is 21.8 Å². The van der Waals surface area contributed by atoms with Gasteiger partial charge in [-0.3, -0.25) is 9.79 Å². The molecule has 26 heavy (non-hydrogen) atoms. The molecule has 1 aromatic carbocycles. The van der Waals surface area contributed by atoms with Crippen LogP contribution in [0.3, 0.4) is 0 Å². The fourth-order valence-corrected chi connectivity index (χ4v) is 4.59. The van der Waals surface area contributed by atoms with Gasteiger partial charge in [-0.1, -0.05) is 35.0 Å². The van der Waals surface area contributed by atoms with E-state index in [1.165, 1.54) is 6.20 Å². The first kappa shape index (κ1) is 17.6. The van der Waals surface area contributed by atoms with E-state index in [1.54, 1.807) is 36.0 Å². The molecule has 0 bridgehead atoms. The Morgan fingerprint density at radius 2 is 2.15 bits per heavy atom. The van der Waals surface area contributed by atoms with Crippen LogP contribution in [-0.2, 0) is 5.54 Å². The number of nitrogens with one attached hydrogen (secondary N) is 1.